The zero-order chi connectivity index (χ0) is 23.1. The second kappa shape index (κ2) is 11.2. The monoisotopic (exact) mass is 443 g/mol. The number of anilines is 1. The smallest absolute Gasteiger partial charge is 0.238 e. The number of phenolic OH excluding ortho intramolecular Hbond substituents is 1. The van der Waals surface area contributed by atoms with Crippen molar-refractivity contribution in [3.63, 3.8) is 0 Å². The largest absolute Gasteiger partial charge is 0.508 e. The Kier molecular flexibility index (Phi) is 8.33. The Balaban J connectivity index is 1.40. The molecule has 1 aliphatic heterocycles. The van der Waals surface area contributed by atoms with Gasteiger partial charge in [0.1, 0.15) is 18.5 Å². The average Bonchev–Trinajstić information content (AvgIpc) is 2.79. The molecule has 1 fully saturated rings. The molecule has 0 spiro atoms. The van der Waals surface area contributed by atoms with Gasteiger partial charge in [0, 0.05) is 38.3 Å². The number of rotatable bonds is 9. The van der Waals surface area contributed by atoms with Gasteiger partial charge in [-0.25, -0.2) is 0 Å². The third kappa shape index (κ3) is 6.35. The first-order valence-electron chi connectivity index (χ1n) is 10.8. The standard InChI is InChI=1S/C24H33N3O5/c1-17-8-9-20(29)18(2)24(17)25-23(30)15-27-12-10-26(11-13-27)14-19(28)16-32-22-7-5-4-6-21(22)31-3/h4-9,19,28-29H,10-16H2,1-3H3,(H,25,30). The number of aryl methyl sites for hydroxylation is 1. The SMILES string of the molecule is COc1ccccc1OCC(O)CN1CCN(CC(=O)Nc2c(C)ccc(O)c2C)CC1. The van der Waals surface area contributed by atoms with E-state index in [1.165, 1.54) is 0 Å². The van der Waals surface area contributed by atoms with Crippen LogP contribution in [0.25, 0.3) is 0 Å². The zero-order valence-electron chi connectivity index (χ0n) is 19.0. The number of β-amino-alcohol motifs (C(OH)–C–C–N with tert-alkyl or cyclic N) is 1. The highest BCUT2D eigenvalue weighted by Crippen LogP contribution is 2.28. The molecule has 1 amide bonds. The predicted octanol–water partition coefficient (Wildman–Crippen LogP) is 2.01. The fraction of sp³-hybridized carbons (Fsp3) is 0.458. The Hall–Kier alpha value is -2.81. The summed E-state index contributed by atoms with van der Waals surface area (Å²) >= 11 is 0. The molecule has 0 aromatic heterocycles. The number of hydrogen-bond donors (Lipinski definition) is 3. The molecule has 0 aliphatic carbocycles. The van der Waals surface area contributed by atoms with Crippen LogP contribution in [-0.4, -0.2) is 85.0 Å². The number of aliphatic hydroxyl groups excluding tert-OH is 1. The Morgan fingerprint density at radius 3 is 2.41 bits per heavy atom. The lowest BCUT2D eigenvalue weighted by molar-refractivity contribution is -0.117. The minimum atomic E-state index is -0.619. The Labute approximate surface area is 189 Å². The van der Waals surface area contributed by atoms with Gasteiger partial charge in [-0.1, -0.05) is 18.2 Å². The van der Waals surface area contributed by atoms with Gasteiger partial charge in [0.15, 0.2) is 11.5 Å². The number of amides is 1. The molecule has 1 saturated heterocycles. The van der Waals surface area contributed by atoms with Crippen LogP contribution in [0.1, 0.15) is 11.1 Å². The van der Waals surface area contributed by atoms with Gasteiger partial charge in [-0.05, 0) is 37.6 Å². The summed E-state index contributed by atoms with van der Waals surface area (Å²) in [6.07, 6.45) is -0.619. The summed E-state index contributed by atoms with van der Waals surface area (Å²) in [5.41, 5.74) is 2.27. The third-order valence-electron chi connectivity index (χ3n) is 5.71. The summed E-state index contributed by atoms with van der Waals surface area (Å²) in [7, 11) is 1.59. The van der Waals surface area contributed by atoms with Crippen LogP contribution in [0.2, 0.25) is 0 Å². The van der Waals surface area contributed by atoms with Crippen molar-refractivity contribution in [2.24, 2.45) is 0 Å². The molecule has 32 heavy (non-hydrogen) atoms. The number of carbonyl (C=O) groups is 1. The number of nitrogens with zero attached hydrogens (tertiary/aromatic N) is 2. The summed E-state index contributed by atoms with van der Waals surface area (Å²) in [5.74, 6) is 1.33. The van der Waals surface area contributed by atoms with Crippen LogP contribution in [0.3, 0.4) is 0 Å². The van der Waals surface area contributed by atoms with E-state index in [-0.39, 0.29) is 18.3 Å². The quantitative estimate of drug-likeness (QED) is 0.546. The van der Waals surface area contributed by atoms with Gasteiger partial charge in [0.25, 0.3) is 0 Å². The number of methoxy groups -OCH3 is 1. The second-order valence-corrected chi connectivity index (χ2v) is 8.14. The highest BCUT2D eigenvalue weighted by atomic mass is 16.5. The van der Waals surface area contributed by atoms with Gasteiger partial charge in [-0.3, -0.25) is 14.6 Å². The van der Waals surface area contributed by atoms with Crippen molar-refractivity contribution >= 4 is 11.6 Å². The Morgan fingerprint density at radius 1 is 1.06 bits per heavy atom. The molecule has 1 aliphatic rings. The molecule has 0 radical (unpaired) electrons. The lowest BCUT2D eigenvalue weighted by atomic mass is 10.1. The first kappa shape index (κ1) is 23.8. The predicted molar refractivity (Wildman–Crippen MR) is 124 cm³/mol. The van der Waals surface area contributed by atoms with E-state index in [1.54, 1.807) is 26.2 Å². The number of aromatic hydroxyl groups is 1. The van der Waals surface area contributed by atoms with E-state index in [4.69, 9.17) is 9.47 Å². The van der Waals surface area contributed by atoms with Crippen LogP contribution in [-0.2, 0) is 4.79 Å². The molecule has 1 atom stereocenters. The van der Waals surface area contributed by atoms with Crippen LogP contribution in [0.4, 0.5) is 5.69 Å². The van der Waals surface area contributed by atoms with E-state index < -0.39 is 6.10 Å². The number of ether oxygens (including phenoxy) is 2. The van der Waals surface area contributed by atoms with Gasteiger partial charge < -0.3 is 25.0 Å². The molecule has 1 heterocycles. The summed E-state index contributed by atoms with van der Waals surface area (Å²) < 4.78 is 11.0. The minimum absolute atomic E-state index is 0.0968. The summed E-state index contributed by atoms with van der Waals surface area (Å²) in [4.78, 5) is 16.8. The van der Waals surface area contributed by atoms with E-state index >= 15 is 0 Å². The first-order chi connectivity index (χ1) is 15.4. The van der Waals surface area contributed by atoms with Gasteiger partial charge >= 0.3 is 0 Å². The van der Waals surface area contributed by atoms with Crippen molar-refractivity contribution in [2.75, 3.05) is 58.3 Å². The van der Waals surface area contributed by atoms with Crippen molar-refractivity contribution in [2.45, 2.75) is 20.0 Å². The van der Waals surface area contributed by atoms with Crippen molar-refractivity contribution in [3.8, 4) is 17.2 Å². The summed E-state index contributed by atoms with van der Waals surface area (Å²) in [5, 5.41) is 23.2. The Morgan fingerprint density at radius 2 is 1.72 bits per heavy atom. The fourth-order valence-electron chi connectivity index (χ4n) is 3.82. The van der Waals surface area contributed by atoms with Crippen LogP contribution in [0.5, 0.6) is 17.2 Å². The van der Waals surface area contributed by atoms with Crippen LogP contribution in [0, 0.1) is 13.8 Å². The molecule has 2 aromatic carbocycles. The van der Waals surface area contributed by atoms with Crippen LogP contribution < -0.4 is 14.8 Å². The molecule has 3 rings (SSSR count). The number of piperazine rings is 1. The van der Waals surface area contributed by atoms with Crippen LogP contribution >= 0.6 is 0 Å². The molecule has 174 valence electrons. The topological polar surface area (TPSA) is 94.5 Å². The lowest BCUT2D eigenvalue weighted by Crippen LogP contribution is -2.50. The summed E-state index contributed by atoms with van der Waals surface area (Å²) in [6.45, 7) is 7.71. The molecule has 8 heteroatoms. The van der Waals surface area contributed by atoms with E-state index in [0.717, 1.165) is 31.7 Å². The van der Waals surface area contributed by atoms with E-state index in [9.17, 15) is 15.0 Å². The molecule has 0 bridgehead atoms. The van der Waals surface area contributed by atoms with E-state index in [2.05, 4.69) is 15.1 Å². The zero-order valence-corrected chi connectivity index (χ0v) is 19.0. The molecule has 3 N–H and O–H groups in total. The maximum atomic E-state index is 12.5. The Bertz CT molecular complexity index is 913. The molecule has 1 unspecified atom stereocenters. The maximum absolute atomic E-state index is 12.5. The van der Waals surface area contributed by atoms with Crippen molar-refractivity contribution < 1.29 is 24.5 Å². The number of phenols is 1. The fourth-order valence-corrected chi connectivity index (χ4v) is 3.82. The normalized spacial score (nSPS) is 15.9. The number of carbonyl (C=O) groups excluding carboxylic acids is 1. The van der Waals surface area contributed by atoms with Crippen molar-refractivity contribution in [3.05, 3.63) is 47.5 Å². The van der Waals surface area contributed by atoms with Gasteiger partial charge in [0.2, 0.25) is 5.91 Å². The second-order valence-electron chi connectivity index (χ2n) is 8.14. The minimum Gasteiger partial charge on any atom is -0.508 e. The molecular weight excluding hydrogens is 410 g/mol. The van der Waals surface area contributed by atoms with Crippen molar-refractivity contribution in [1.29, 1.82) is 0 Å². The van der Waals surface area contributed by atoms with Gasteiger partial charge in [-0.2, -0.15) is 0 Å². The lowest BCUT2D eigenvalue weighted by Gasteiger charge is -2.35. The first-order valence-corrected chi connectivity index (χ1v) is 10.8. The van der Waals surface area contributed by atoms with E-state index in [1.807, 2.05) is 31.2 Å². The molecule has 0 saturated carbocycles. The average molecular weight is 444 g/mol. The number of aliphatic hydroxyl groups is 1. The third-order valence-corrected chi connectivity index (χ3v) is 5.71. The van der Waals surface area contributed by atoms with E-state index in [0.29, 0.717) is 35.8 Å². The molecule has 8 nitrogen and oxygen atoms in total. The maximum Gasteiger partial charge on any atom is 0.238 e. The number of hydrogen-bond acceptors (Lipinski definition) is 7. The van der Waals surface area contributed by atoms with Gasteiger partial charge in [-0.15, -0.1) is 0 Å². The number of para-hydroxylation sites is 2. The van der Waals surface area contributed by atoms with Crippen LogP contribution in [0.15, 0.2) is 36.4 Å². The summed E-state index contributed by atoms with van der Waals surface area (Å²) in [6, 6.07) is 10.8. The number of benzene rings is 2. The molecule has 2 aromatic rings. The number of nitrogens with one attached hydrogen (secondary N) is 1. The van der Waals surface area contributed by atoms with Gasteiger partial charge in [0.05, 0.1) is 19.3 Å². The molecular formula is C24H33N3O5. The van der Waals surface area contributed by atoms with Crippen molar-refractivity contribution in [1.82, 2.24) is 9.80 Å². The highest BCUT2D eigenvalue weighted by Gasteiger charge is 2.22. The highest BCUT2D eigenvalue weighted by molar-refractivity contribution is 5.94.